The lowest BCUT2D eigenvalue weighted by atomic mass is 9.92. The molecule has 1 aromatic heterocycles. The first-order chi connectivity index (χ1) is 16.4. The number of amides is 3. The van der Waals surface area contributed by atoms with Gasteiger partial charge in [-0.3, -0.25) is 14.4 Å². The molecule has 2 aromatic carbocycles. The maximum absolute atomic E-state index is 14.1. The van der Waals surface area contributed by atoms with Crippen molar-refractivity contribution in [3.8, 4) is 17.3 Å². The third-order valence-electron chi connectivity index (χ3n) is 5.64. The number of rotatable bonds is 3. The van der Waals surface area contributed by atoms with E-state index in [2.05, 4.69) is 5.10 Å². The van der Waals surface area contributed by atoms with Crippen LogP contribution in [0.1, 0.15) is 33.2 Å². The minimum Gasteiger partial charge on any atom is -0.365 e. The zero-order chi connectivity index (χ0) is 25.7. The van der Waals surface area contributed by atoms with Gasteiger partial charge in [-0.1, -0.05) is 41.4 Å². The second kappa shape index (κ2) is 8.79. The number of aromatic nitrogens is 2. The Bertz CT molecular complexity index is 1380. The molecule has 3 amide bonds. The molecule has 35 heavy (non-hydrogen) atoms. The summed E-state index contributed by atoms with van der Waals surface area (Å²) in [6.07, 6.45) is -4.87. The van der Waals surface area contributed by atoms with Crippen molar-refractivity contribution in [3.05, 3.63) is 74.9 Å². The van der Waals surface area contributed by atoms with Crippen LogP contribution in [0.15, 0.2) is 42.5 Å². The summed E-state index contributed by atoms with van der Waals surface area (Å²) < 4.78 is 43.2. The van der Waals surface area contributed by atoms with Crippen molar-refractivity contribution in [2.75, 3.05) is 0 Å². The number of urea groups is 1. The van der Waals surface area contributed by atoms with E-state index >= 15 is 0 Å². The molecule has 0 spiro atoms. The zero-order valence-electron chi connectivity index (χ0n) is 17.6. The highest BCUT2D eigenvalue weighted by molar-refractivity contribution is 6.42. The highest BCUT2D eigenvalue weighted by Crippen LogP contribution is 2.44. The van der Waals surface area contributed by atoms with Gasteiger partial charge in [0.25, 0.3) is 5.91 Å². The van der Waals surface area contributed by atoms with E-state index in [0.29, 0.717) is 4.90 Å². The van der Waals surface area contributed by atoms with Crippen LogP contribution in [0.25, 0.3) is 11.3 Å². The van der Waals surface area contributed by atoms with E-state index in [4.69, 9.17) is 39.9 Å². The summed E-state index contributed by atoms with van der Waals surface area (Å²) >= 11 is 12.1. The first-order valence-electron chi connectivity index (χ1n) is 9.94. The molecule has 4 N–H and O–H groups in total. The molecule has 0 fully saturated rings. The van der Waals surface area contributed by atoms with Crippen molar-refractivity contribution < 1.29 is 22.8 Å². The van der Waals surface area contributed by atoms with Gasteiger partial charge in [-0.15, -0.1) is 0 Å². The number of carbonyl (C=O) groups excluding carboxylic acids is 2. The highest BCUT2D eigenvalue weighted by atomic mass is 35.5. The molecule has 4 rings (SSSR count). The minimum atomic E-state index is -4.87. The van der Waals surface area contributed by atoms with E-state index in [1.165, 1.54) is 42.5 Å². The topological polar surface area (TPSA) is 131 Å². The molecule has 0 saturated carbocycles. The quantitative estimate of drug-likeness (QED) is 0.532. The molecule has 8 nitrogen and oxygen atoms in total. The number of halogens is 5. The number of hydrogen-bond acceptors (Lipinski definition) is 4. The summed E-state index contributed by atoms with van der Waals surface area (Å²) in [5.74, 6) is -0.985. The Balaban J connectivity index is 2.05. The van der Waals surface area contributed by atoms with Gasteiger partial charge in [-0.25, -0.2) is 4.79 Å². The van der Waals surface area contributed by atoms with Gasteiger partial charge in [0.05, 0.1) is 39.5 Å². The summed E-state index contributed by atoms with van der Waals surface area (Å²) in [6.45, 7) is -0.823. The van der Waals surface area contributed by atoms with Crippen LogP contribution in [-0.4, -0.2) is 38.8 Å². The lowest BCUT2D eigenvalue weighted by Gasteiger charge is -2.42. The van der Waals surface area contributed by atoms with Crippen LogP contribution < -0.4 is 11.5 Å². The molecule has 0 saturated heterocycles. The summed E-state index contributed by atoms with van der Waals surface area (Å²) in [5.41, 5.74) is 11.5. The van der Waals surface area contributed by atoms with Crippen molar-refractivity contribution >= 4 is 35.1 Å². The lowest BCUT2D eigenvalue weighted by Crippen LogP contribution is -2.58. The van der Waals surface area contributed by atoms with E-state index in [1.54, 1.807) is 0 Å². The number of nitrogens with zero attached hydrogens (tertiary/aromatic N) is 4. The van der Waals surface area contributed by atoms with Gasteiger partial charge >= 0.3 is 12.2 Å². The van der Waals surface area contributed by atoms with E-state index < -0.39 is 36.7 Å². The van der Waals surface area contributed by atoms with Crippen LogP contribution in [0, 0.1) is 11.3 Å². The minimum absolute atomic E-state index is 0.0306. The third-order valence-corrected chi connectivity index (χ3v) is 6.38. The SMILES string of the molecule is N#Cc1ccc(C2c3c(C(N)=O)c(-c4ccc(Cl)c(Cl)c4)nn3CC(C(F)(F)F)N2C(N)=O)cc1. The van der Waals surface area contributed by atoms with Crippen molar-refractivity contribution in [2.24, 2.45) is 11.5 Å². The number of benzene rings is 2. The van der Waals surface area contributed by atoms with Gasteiger partial charge in [-0.2, -0.15) is 23.5 Å². The highest BCUT2D eigenvalue weighted by Gasteiger charge is 2.53. The first kappa shape index (κ1) is 24.4. The molecular weight excluding hydrogens is 508 g/mol. The maximum atomic E-state index is 14.1. The van der Waals surface area contributed by atoms with Gasteiger partial charge < -0.3 is 11.5 Å². The number of fused-ring (bicyclic) bond motifs is 1. The van der Waals surface area contributed by atoms with E-state index in [1.807, 2.05) is 6.07 Å². The standard InChI is InChI=1S/C22H15Cl2F3N6O2/c23-13-6-5-12(7-14(13)24)17-16(20(29)34)19-18(11-3-1-10(8-28)2-4-11)33(21(30)35)15(22(25,26)27)9-32(19)31-17/h1-7,15,18H,9H2,(H2,29,34)(H2,30,35). The normalized spacial score (nSPS) is 17.5. The molecule has 1 aliphatic rings. The fraction of sp³-hybridized carbons (Fsp3) is 0.182. The Hall–Kier alpha value is -3.75. The molecule has 0 bridgehead atoms. The smallest absolute Gasteiger partial charge is 0.365 e. The molecule has 2 heterocycles. The Morgan fingerprint density at radius 3 is 2.26 bits per heavy atom. The molecule has 3 aromatic rings. The number of carbonyl (C=O) groups is 2. The van der Waals surface area contributed by atoms with E-state index in [0.717, 1.165) is 4.68 Å². The Morgan fingerprint density at radius 1 is 1.09 bits per heavy atom. The van der Waals surface area contributed by atoms with Crippen molar-refractivity contribution in [1.29, 1.82) is 5.26 Å². The van der Waals surface area contributed by atoms with Crippen LogP contribution in [0.5, 0.6) is 0 Å². The largest absolute Gasteiger partial charge is 0.410 e. The lowest BCUT2D eigenvalue weighted by molar-refractivity contribution is -0.187. The Kier molecular flexibility index (Phi) is 6.12. The molecule has 2 unspecified atom stereocenters. The summed E-state index contributed by atoms with van der Waals surface area (Å²) in [4.78, 5) is 25.5. The van der Waals surface area contributed by atoms with E-state index in [-0.39, 0.29) is 43.7 Å². The van der Waals surface area contributed by atoms with Crippen molar-refractivity contribution in [2.45, 2.75) is 24.8 Å². The Morgan fingerprint density at radius 2 is 1.74 bits per heavy atom. The monoisotopic (exact) mass is 522 g/mol. The Labute approximate surface area is 206 Å². The molecule has 0 aliphatic carbocycles. The zero-order valence-corrected chi connectivity index (χ0v) is 19.1. The summed E-state index contributed by atoms with van der Waals surface area (Å²) in [6, 6.07) is 6.53. The van der Waals surface area contributed by atoms with Gasteiger partial charge in [0.15, 0.2) is 0 Å². The second-order valence-electron chi connectivity index (χ2n) is 7.72. The summed E-state index contributed by atoms with van der Waals surface area (Å²) in [7, 11) is 0. The number of nitriles is 1. The van der Waals surface area contributed by atoms with Crippen LogP contribution >= 0.6 is 23.2 Å². The molecule has 180 valence electrons. The summed E-state index contributed by atoms with van der Waals surface area (Å²) in [5, 5.41) is 13.7. The predicted octanol–water partition coefficient (Wildman–Crippen LogP) is 4.24. The average molecular weight is 523 g/mol. The predicted molar refractivity (Wildman–Crippen MR) is 120 cm³/mol. The van der Waals surface area contributed by atoms with Crippen molar-refractivity contribution in [3.63, 3.8) is 0 Å². The van der Waals surface area contributed by atoms with Gasteiger partial charge in [-0.05, 0) is 29.8 Å². The molecule has 0 radical (unpaired) electrons. The fourth-order valence-corrected chi connectivity index (χ4v) is 4.44. The average Bonchev–Trinajstić information content (AvgIpc) is 3.18. The van der Waals surface area contributed by atoms with Crippen LogP contribution in [0.3, 0.4) is 0 Å². The number of nitrogens with two attached hydrogens (primary N) is 2. The van der Waals surface area contributed by atoms with Gasteiger partial charge in [0.1, 0.15) is 17.8 Å². The van der Waals surface area contributed by atoms with Crippen LogP contribution in [0.2, 0.25) is 10.0 Å². The number of alkyl halides is 3. The molecular formula is C22H15Cl2F3N6O2. The first-order valence-corrected chi connectivity index (χ1v) is 10.7. The van der Waals surface area contributed by atoms with Crippen LogP contribution in [-0.2, 0) is 6.54 Å². The van der Waals surface area contributed by atoms with Crippen LogP contribution in [0.4, 0.5) is 18.0 Å². The fourth-order valence-electron chi connectivity index (χ4n) is 4.14. The maximum Gasteiger partial charge on any atom is 0.410 e. The van der Waals surface area contributed by atoms with Gasteiger partial charge in [0, 0.05) is 5.56 Å². The number of primary amides is 2. The second-order valence-corrected chi connectivity index (χ2v) is 8.54. The number of hydrogen-bond donors (Lipinski definition) is 2. The molecule has 13 heteroatoms. The molecule has 2 atom stereocenters. The van der Waals surface area contributed by atoms with Crippen molar-refractivity contribution in [1.82, 2.24) is 14.7 Å². The third kappa shape index (κ3) is 4.26. The molecule has 1 aliphatic heterocycles. The van der Waals surface area contributed by atoms with E-state index in [9.17, 15) is 22.8 Å². The van der Waals surface area contributed by atoms with Gasteiger partial charge in [0.2, 0.25) is 0 Å².